The van der Waals surface area contributed by atoms with E-state index in [4.69, 9.17) is 9.15 Å². The van der Waals surface area contributed by atoms with Gasteiger partial charge in [-0.05, 0) is 24.6 Å². The van der Waals surface area contributed by atoms with Crippen molar-refractivity contribution in [3.63, 3.8) is 0 Å². The van der Waals surface area contributed by atoms with Crippen LogP contribution in [0.25, 0.3) is 11.0 Å². The van der Waals surface area contributed by atoms with Crippen LogP contribution in [0.1, 0.15) is 27.4 Å². The Bertz CT molecular complexity index is 1590. The van der Waals surface area contributed by atoms with Crippen LogP contribution in [0.15, 0.2) is 65.2 Å². The number of para-hydroxylation sites is 1. The van der Waals surface area contributed by atoms with E-state index >= 15 is 0 Å². The molecule has 0 N–H and O–H groups in total. The predicted molar refractivity (Wildman–Crippen MR) is 153 cm³/mol. The molecule has 41 heavy (non-hydrogen) atoms. The fraction of sp³-hybridized carbons (Fsp3) is 0.414. The van der Waals surface area contributed by atoms with E-state index in [1.54, 1.807) is 10.7 Å². The maximum atomic E-state index is 13.0. The number of aromatic nitrogens is 3. The highest BCUT2D eigenvalue weighted by atomic mass is 32.2. The molecule has 2 aromatic carbocycles. The summed E-state index contributed by atoms with van der Waals surface area (Å²) < 4.78 is 40.2. The van der Waals surface area contributed by atoms with Gasteiger partial charge in [-0.1, -0.05) is 53.2 Å². The van der Waals surface area contributed by atoms with E-state index in [1.807, 2.05) is 55.6 Å². The van der Waals surface area contributed by atoms with Gasteiger partial charge in [0, 0.05) is 50.7 Å². The van der Waals surface area contributed by atoms with Crippen LogP contribution >= 0.6 is 0 Å². The second-order valence-electron chi connectivity index (χ2n) is 10.8. The highest BCUT2D eigenvalue weighted by Crippen LogP contribution is 2.23. The lowest BCUT2D eigenvalue weighted by Gasteiger charge is -2.37. The molecule has 1 unspecified atom stereocenters. The van der Waals surface area contributed by atoms with E-state index in [9.17, 15) is 13.2 Å². The predicted octanol–water partition coefficient (Wildman–Crippen LogP) is 2.37. The molecule has 2 saturated heterocycles. The maximum absolute atomic E-state index is 13.0. The summed E-state index contributed by atoms with van der Waals surface area (Å²) in [5.74, 6) is -0.150. The minimum atomic E-state index is -3.38. The summed E-state index contributed by atoms with van der Waals surface area (Å²) in [5, 5.41) is 9.30. The van der Waals surface area contributed by atoms with Crippen molar-refractivity contribution >= 4 is 27.0 Å². The lowest BCUT2D eigenvalue weighted by molar-refractivity contribution is 0.0373. The van der Waals surface area contributed by atoms with Crippen LogP contribution in [-0.2, 0) is 27.8 Å². The zero-order valence-corrected chi connectivity index (χ0v) is 23.9. The summed E-state index contributed by atoms with van der Waals surface area (Å²) in [6.07, 6.45) is 1.82. The molecule has 0 aliphatic carbocycles. The third kappa shape index (κ3) is 6.51. The molecule has 11 nitrogen and oxygen atoms in total. The molecule has 2 aliphatic heterocycles. The lowest BCUT2D eigenvalue weighted by atomic mass is 10.1. The number of fused-ring (bicyclic) bond motifs is 1. The number of furan rings is 1. The van der Waals surface area contributed by atoms with Crippen molar-refractivity contribution in [1.82, 2.24) is 29.1 Å². The molecular weight excluding hydrogens is 544 g/mol. The molecule has 0 radical (unpaired) electrons. The first-order valence-electron chi connectivity index (χ1n) is 13.9. The SMILES string of the molecule is Cc1cccc(Cn2cc(CN3CC(N4CCN(CCOC(=O)c5cc6ccccc6o5)CC4)CS3(=O)=O)nn2)c1. The topological polar surface area (TPSA) is 114 Å². The van der Waals surface area contributed by atoms with Crippen molar-refractivity contribution in [3.8, 4) is 0 Å². The summed E-state index contributed by atoms with van der Waals surface area (Å²) in [6.45, 7) is 7.29. The molecule has 1 atom stereocenters. The summed E-state index contributed by atoms with van der Waals surface area (Å²) >= 11 is 0. The van der Waals surface area contributed by atoms with Crippen LogP contribution in [0.4, 0.5) is 0 Å². The fourth-order valence-electron chi connectivity index (χ4n) is 5.57. The van der Waals surface area contributed by atoms with Gasteiger partial charge in [-0.2, -0.15) is 4.31 Å². The molecule has 6 rings (SSSR count). The van der Waals surface area contributed by atoms with Gasteiger partial charge in [0.15, 0.2) is 0 Å². The number of carbonyl (C=O) groups excluding carboxylic acids is 1. The van der Waals surface area contributed by atoms with Crippen molar-refractivity contribution in [2.24, 2.45) is 0 Å². The zero-order chi connectivity index (χ0) is 28.4. The van der Waals surface area contributed by atoms with Gasteiger partial charge in [-0.3, -0.25) is 9.80 Å². The van der Waals surface area contributed by atoms with Gasteiger partial charge in [0.25, 0.3) is 0 Å². The molecule has 12 heteroatoms. The van der Waals surface area contributed by atoms with Crippen molar-refractivity contribution < 1.29 is 22.4 Å². The lowest BCUT2D eigenvalue weighted by Crippen LogP contribution is -2.52. The fourth-order valence-corrected chi connectivity index (χ4v) is 7.31. The molecule has 4 heterocycles. The van der Waals surface area contributed by atoms with E-state index in [2.05, 4.69) is 26.2 Å². The molecule has 2 aliphatic rings. The van der Waals surface area contributed by atoms with Gasteiger partial charge in [0.1, 0.15) is 12.2 Å². The molecule has 4 aromatic rings. The Labute approximate surface area is 239 Å². The number of rotatable bonds is 9. The number of hydrogen-bond acceptors (Lipinski definition) is 9. The van der Waals surface area contributed by atoms with Crippen LogP contribution in [0.2, 0.25) is 0 Å². The van der Waals surface area contributed by atoms with Gasteiger partial charge in [0.2, 0.25) is 15.8 Å². The first kappa shape index (κ1) is 27.6. The van der Waals surface area contributed by atoms with Gasteiger partial charge >= 0.3 is 5.97 Å². The Kier molecular flexibility index (Phi) is 7.89. The van der Waals surface area contributed by atoms with Crippen molar-refractivity contribution in [3.05, 3.63) is 83.4 Å². The average Bonchev–Trinajstić information content (AvgIpc) is 3.66. The largest absolute Gasteiger partial charge is 0.458 e. The Morgan fingerprint density at radius 1 is 1.05 bits per heavy atom. The van der Waals surface area contributed by atoms with Crippen LogP contribution in [0.5, 0.6) is 0 Å². The van der Waals surface area contributed by atoms with Crippen LogP contribution < -0.4 is 0 Å². The van der Waals surface area contributed by atoms with E-state index in [0.717, 1.165) is 37.1 Å². The van der Waals surface area contributed by atoms with Crippen molar-refractivity contribution in [2.75, 3.05) is 51.6 Å². The Balaban J connectivity index is 0.953. The zero-order valence-electron chi connectivity index (χ0n) is 23.1. The van der Waals surface area contributed by atoms with E-state index in [1.165, 1.54) is 9.87 Å². The third-order valence-electron chi connectivity index (χ3n) is 7.75. The summed E-state index contributed by atoms with van der Waals surface area (Å²) in [5.41, 5.74) is 3.61. The van der Waals surface area contributed by atoms with Crippen LogP contribution in [0.3, 0.4) is 0 Å². The molecule has 0 bridgehead atoms. The Hall–Kier alpha value is -3.58. The van der Waals surface area contributed by atoms with Gasteiger partial charge in [0.05, 0.1) is 30.7 Å². The number of aryl methyl sites for hydroxylation is 1. The molecule has 0 saturated carbocycles. The molecule has 0 amide bonds. The highest BCUT2D eigenvalue weighted by Gasteiger charge is 2.40. The molecule has 216 valence electrons. The number of nitrogens with zero attached hydrogens (tertiary/aromatic N) is 6. The van der Waals surface area contributed by atoms with Crippen LogP contribution in [-0.4, -0.2) is 101 Å². The number of sulfonamides is 1. The quantitative estimate of drug-likeness (QED) is 0.276. The monoisotopic (exact) mass is 578 g/mol. The van der Waals surface area contributed by atoms with Crippen molar-refractivity contribution in [1.29, 1.82) is 0 Å². The van der Waals surface area contributed by atoms with E-state index in [0.29, 0.717) is 30.9 Å². The van der Waals surface area contributed by atoms with Gasteiger partial charge in [-0.15, -0.1) is 5.10 Å². The molecular formula is C29H34N6O5S. The normalized spacial score (nSPS) is 20.1. The van der Waals surface area contributed by atoms with E-state index in [-0.39, 0.29) is 30.7 Å². The number of ether oxygens (including phenoxy) is 1. The maximum Gasteiger partial charge on any atom is 0.374 e. The molecule has 2 aromatic heterocycles. The first-order valence-corrected chi connectivity index (χ1v) is 15.5. The Morgan fingerprint density at radius 2 is 1.88 bits per heavy atom. The van der Waals surface area contributed by atoms with Gasteiger partial charge < -0.3 is 9.15 Å². The number of piperazine rings is 1. The summed E-state index contributed by atoms with van der Waals surface area (Å²) in [4.78, 5) is 16.9. The van der Waals surface area contributed by atoms with E-state index < -0.39 is 16.0 Å². The number of hydrogen-bond donors (Lipinski definition) is 0. The number of benzene rings is 2. The minimum Gasteiger partial charge on any atom is -0.458 e. The number of carbonyl (C=O) groups is 1. The average molecular weight is 579 g/mol. The van der Waals surface area contributed by atoms with Crippen molar-refractivity contribution in [2.45, 2.75) is 26.1 Å². The summed E-state index contributed by atoms with van der Waals surface area (Å²) in [7, 11) is -3.38. The molecule has 2 fully saturated rings. The second kappa shape index (κ2) is 11.7. The minimum absolute atomic E-state index is 0.0598. The van der Waals surface area contributed by atoms with Crippen LogP contribution in [0, 0.1) is 6.92 Å². The molecule has 0 spiro atoms. The number of esters is 1. The van der Waals surface area contributed by atoms with Gasteiger partial charge in [-0.25, -0.2) is 17.9 Å². The Morgan fingerprint density at radius 3 is 2.68 bits per heavy atom. The second-order valence-corrected chi connectivity index (χ2v) is 12.8. The highest BCUT2D eigenvalue weighted by molar-refractivity contribution is 7.89. The smallest absolute Gasteiger partial charge is 0.374 e. The third-order valence-corrected chi connectivity index (χ3v) is 9.62. The standard InChI is InChI=1S/C29H34N6O5S/c1-22-5-4-6-23(15-22)17-34-18-25(30-31-34)19-35-20-26(21-41(35,37)38)33-11-9-32(10-12-33)13-14-39-29(36)28-16-24-7-2-3-8-27(24)40-28/h2-8,15-16,18,26H,9-14,17,19-21H2,1H3. The first-order chi connectivity index (χ1) is 19.8. The summed E-state index contributed by atoms with van der Waals surface area (Å²) in [6, 6.07) is 17.3.